The van der Waals surface area contributed by atoms with E-state index in [0.29, 0.717) is 18.7 Å². The molecule has 7 nitrogen and oxygen atoms in total. The quantitative estimate of drug-likeness (QED) is 0.713. The summed E-state index contributed by atoms with van der Waals surface area (Å²) in [5.41, 5.74) is 0.852. The van der Waals surface area contributed by atoms with Crippen molar-refractivity contribution in [2.45, 2.75) is 43.9 Å². The third-order valence-electron chi connectivity index (χ3n) is 4.64. The van der Waals surface area contributed by atoms with Crippen LogP contribution in [-0.2, 0) is 10.0 Å². The van der Waals surface area contributed by atoms with Gasteiger partial charge in [-0.2, -0.15) is 14.8 Å². The van der Waals surface area contributed by atoms with Crippen molar-refractivity contribution in [3.05, 3.63) is 29.3 Å². The van der Waals surface area contributed by atoms with Crippen LogP contribution in [0.25, 0.3) is 0 Å². The fraction of sp³-hybridized carbons (Fsp3) is 0.526. The second-order valence-corrected chi connectivity index (χ2v) is 8.46. The molecule has 1 aromatic rings. The molecular formula is C19H24N4O3S. The summed E-state index contributed by atoms with van der Waals surface area (Å²) in [7, 11) is -3.65. The molecule has 1 aliphatic heterocycles. The van der Waals surface area contributed by atoms with Crippen LogP contribution in [0.3, 0.4) is 0 Å². The highest BCUT2D eigenvalue weighted by molar-refractivity contribution is 7.89. The smallest absolute Gasteiger partial charge is 0.253 e. The zero-order chi connectivity index (χ0) is 19.9. The fourth-order valence-electron chi connectivity index (χ4n) is 3.12. The van der Waals surface area contributed by atoms with Gasteiger partial charge >= 0.3 is 0 Å². The first-order chi connectivity index (χ1) is 12.9. The minimum Gasteiger partial charge on any atom is -0.337 e. The second kappa shape index (κ2) is 9.50. The maximum atomic E-state index is 13.0. The number of rotatable bonds is 7. The highest BCUT2D eigenvalue weighted by Gasteiger charge is 2.28. The van der Waals surface area contributed by atoms with E-state index in [1.54, 1.807) is 19.1 Å². The van der Waals surface area contributed by atoms with Crippen molar-refractivity contribution in [1.29, 1.82) is 10.5 Å². The van der Waals surface area contributed by atoms with Gasteiger partial charge in [0.15, 0.2) is 0 Å². The van der Waals surface area contributed by atoms with Crippen LogP contribution < -0.4 is 0 Å². The van der Waals surface area contributed by atoms with Crippen molar-refractivity contribution in [2.24, 2.45) is 0 Å². The molecule has 1 aliphatic rings. The first-order valence-corrected chi connectivity index (χ1v) is 10.5. The van der Waals surface area contributed by atoms with Crippen LogP contribution in [0, 0.1) is 29.6 Å². The number of carbonyl (C=O) groups excluding carboxylic acids is 1. The molecule has 0 aromatic heterocycles. The minimum absolute atomic E-state index is 0.149. The number of piperidine rings is 1. The molecule has 1 fully saturated rings. The summed E-state index contributed by atoms with van der Waals surface area (Å²) in [4.78, 5) is 14.4. The first kappa shape index (κ1) is 20.9. The molecule has 8 heteroatoms. The van der Waals surface area contributed by atoms with E-state index in [0.717, 1.165) is 19.3 Å². The summed E-state index contributed by atoms with van der Waals surface area (Å²) in [6, 6.07) is 8.63. The molecule has 1 aromatic carbocycles. The van der Waals surface area contributed by atoms with Crippen molar-refractivity contribution in [3.8, 4) is 12.1 Å². The zero-order valence-corrected chi connectivity index (χ0v) is 16.3. The summed E-state index contributed by atoms with van der Waals surface area (Å²) >= 11 is 0. The summed E-state index contributed by atoms with van der Waals surface area (Å²) in [5, 5.41) is 17.6. The summed E-state index contributed by atoms with van der Waals surface area (Å²) < 4.78 is 27.5. The lowest BCUT2D eigenvalue weighted by Crippen LogP contribution is -2.36. The van der Waals surface area contributed by atoms with Crippen molar-refractivity contribution < 1.29 is 13.2 Å². The number of carbonyl (C=O) groups is 1. The van der Waals surface area contributed by atoms with Crippen LogP contribution in [0.5, 0.6) is 0 Å². The third kappa shape index (κ3) is 5.06. The lowest BCUT2D eigenvalue weighted by Gasteiger charge is -2.27. The average molecular weight is 388 g/mol. The van der Waals surface area contributed by atoms with E-state index in [1.807, 2.05) is 12.1 Å². The van der Waals surface area contributed by atoms with Crippen molar-refractivity contribution in [2.75, 3.05) is 26.2 Å². The fourth-order valence-corrected chi connectivity index (χ4v) is 4.89. The van der Waals surface area contributed by atoms with Gasteiger partial charge in [-0.05, 0) is 37.5 Å². The number of aryl methyl sites for hydroxylation is 1. The van der Waals surface area contributed by atoms with Crippen LogP contribution in [0.4, 0.5) is 0 Å². The molecule has 144 valence electrons. The number of nitrogens with zero attached hydrogens (tertiary/aromatic N) is 4. The molecule has 0 atom stereocenters. The van der Waals surface area contributed by atoms with E-state index in [-0.39, 0.29) is 42.3 Å². The van der Waals surface area contributed by atoms with E-state index in [9.17, 15) is 13.2 Å². The van der Waals surface area contributed by atoms with Crippen LogP contribution in [-0.4, -0.2) is 49.7 Å². The maximum Gasteiger partial charge on any atom is 0.253 e. The Balaban J connectivity index is 2.33. The Morgan fingerprint density at radius 2 is 1.70 bits per heavy atom. The molecule has 27 heavy (non-hydrogen) atoms. The van der Waals surface area contributed by atoms with Gasteiger partial charge in [0.2, 0.25) is 10.0 Å². The van der Waals surface area contributed by atoms with Gasteiger partial charge in [-0.15, -0.1) is 0 Å². The van der Waals surface area contributed by atoms with Crippen molar-refractivity contribution in [1.82, 2.24) is 9.21 Å². The molecule has 0 radical (unpaired) electrons. The van der Waals surface area contributed by atoms with Crippen LogP contribution in [0.1, 0.15) is 48.0 Å². The molecule has 0 saturated carbocycles. The standard InChI is InChI=1S/C19H24N4O3S/c1-16-7-8-17(19(24)22(11-5-9-20)12-6-10-21)15-18(16)27(25,26)23-13-3-2-4-14-23/h7-8,15H,2-6,11-14H2,1H3. The zero-order valence-electron chi connectivity index (χ0n) is 15.5. The Bertz CT molecular complexity index is 844. The molecule has 0 unspecified atom stereocenters. The molecule has 1 amide bonds. The van der Waals surface area contributed by atoms with E-state index >= 15 is 0 Å². The Hall–Kier alpha value is -2.42. The Kier molecular flexibility index (Phi) is 7.35. The second-order valence-electron chi connectivity index (χ2n) is 6.55. The van der Waals surface area contributed by atoms with Crippen LogP contribution in [0.15, 0.2) is 23.1 Å². The van der Waals surface area contributed by atoms with E-state index < -0.39 is 10.0 Å². The lowest BCUT2D eigenvalue weighted by molar-refractivity contribution is 0.0762. The van der Waals surface area contributed by atoms with Gasteiger partial charge in [-0.1, -0.05) is 12.5 Å². The topological polar surface area (TPSA) is 105 Å². The van der Waals surface area contributed by atoms with Crippen LogP contribution in [0.2, 0.25) is 0 Å². The molecular weight excluding hydrogens is 364 g/mol. The largest absolute Gasteiger partial charge is 0.337 e. The van der Waals surface area contributed by atoms with E-state index in [1.165, 1.54) is 15.3 Å². The summed E-state index contributed by atoms with van der Waals surface area (Å²) in [6.07, 6.45) is 3.01. The molecule has 0 N–H and O–H groups in total. The third-order valence-corrected chi connectivity index (χ3v) is 6.68. The number of nitriles is 2. The summed E-state index contributed by atoms with van der Waals surface area (Å²) in [6.45, 7) is 3.12. The lowest BCUT2D eigenvalue weighted by atomic mass is 10.1. The predicted octanol–water partition coefficient (Wildman–Crippen LogP) is 2.44. The monoisotopic (exact) mass is 388 g/mol. The van der Waals surface area contributed by atoms with Gasteiger partial charge in [-0.25, -0.2) is 8.42 Å². The van der Waals surface area contributed by atoms with Gasteiger partial charge in [0.25, 0.3) is 5.91 Å². The highest BCUT2D eigenvalue weighted by Crippen LogP contribution is 2.25. The Labute approximate surface area is 160 Å². The Morgan fingerprint density at radius 1 is 1.11 bits per heavy atom. The van der Waals surface area contributed by atoms with Gasteiger partial charge in [0, 0.05) is 31.7 Å². The van der Waals surface area contributed by atoms with Crippen molar-refractivity contribution >= 4 is 15.9 Å². The molecule has 1 heterocycles. The summed E-state index contributed by atoms with van der Waals surface area (Å²) in [5.74, 6) is -0.365. The maximum absolute atomic E-state index is 13.0. The number of amides is 1. The number of sulfonamides is 1. The van der Waals surface area contributed by atoms with E-state index in [4.69, 9.17) is 10.5 Å². The number of benzene rings is 1. The van der Waals surface area contributed by atoms with Crippen LogP contribution >= 0.6 is 0 Å². The SMILES string of the molecule is Cc1ccc(C(=O)N(CCC#N)CCC#N)cc1S(=O)(=O)N1CCCCC1. The molecule has 0 bridgehead atoms. The minimum atomic E-state index is -3.65. The normalized spacial score (nSPS) is 14.9. The molecule has 2 rings (SSSR count). The molecule has 0 spiro atoms. The number of hydrogen-bond donors (Lipinski definition) is 0. The van der Waals surface area contributed by atoms with E-state index in [2.05, 4.69) is 0 Å². The number of hydrogen-bond acceptors (Lipinski definition) is 5. The predicted molar refractivity (Wildman–Crippen MR) is 100 cm³/mol. The van der Waals surface area contributed by atoms with Gasteiger partial charge in [0.05, 0.1) is 29.9 Å². The first-order valence-electron chi connectivity index (χ1n) is 9.06. The highest BCUT2D eigenvalue weighted by atomic mass is 32.2. The van der Waals surface area contributed by atoms with Gasteiger partial charge < -0.3 is 4.90 Å². The Morgan fingerprint density at radius 3 is 2.26 bits per heavy atom. The van der Waals surface area contributed by atoms with Gasteiger partial charge in [-0.3, -0.25) is 4.79 Å². The average Bonchev–Trinajstić information content (AvgIpc) is 2.68. The van der Waals surface area contributed by atoms with Crippen molar-refractivity contribution in [3.63, 3.8) is 0 Å². The molecule has 0 aliphatic carbocycles. The van der Waals surface area contributed by atoms with Gasteiger partial charge in [0.1, 0.15) is 0 Å². The molecule has 1 saturated heterocycles.